The lowest BCUT2D eigenvalue weighted by Gasteiger charge is -2.24. The maximum Gasteiger partial charge on any atom is 0.255 e. The molecule has 228 valence electrons. The molecule has 1 saturated carbocycles. The number of ether oxygens (including phenoxy) is 2. The lowest BCUT2D eigenvalue weighted by atomic mass is 9.95. The Labute approximate surface area is 260 Å². The predicted molar refractivity (Wildman–Crippen MR) is 169 cm³/mol. The number of hydrogen-bond donors (Lipinski definition) is 1. The summed E-state index contributed by atoms with van der Waals surface area (Å²) in [5.41, 5.74) is 4.92. The number of fused-ring (bicyclic) bond motifs is 1. The third-order valence-corrected chi connectivity index (χ3v) is 8.91. The van der Waals surface area contributed by atoms with Crippen molar-refractivity contribution in [2.24, 2.45) is 5.92 Å². The van der Waals surface area contributed by atoms with E-state index in [0.29, 0.717) is 64.9 Å². The van der Waals surface area contributed by atoms with Gasteiger partial charge in [0.25, 0.3) is 5.91 Å². The van der Waals surface area contributed by atoms with Crippen molar-refractivity contribution in [3.8, 4) is 28.2 Å². The Bertz CT molecular complexity index is 1870. The highest BCUT2D eigenvalue weighted by Gasteiger charge is 2.47. The topological polar surface area (TPSA) is 90.7 Å². The largest absolute Gasteiger partial charge is 0.492 e. The second-order valence-corrected chi connectivity index (χ2v) is 12.0. The van der Waals surface area contributed by atoms with Crippen LogP contribution in [0.3, 0.4) is 0 Å². The van der Waals surface area contributed by atoms with E-state index >= 15 is 0 Å². The molecule has 0 atom stereocenters. The molecular formula is C37H33FN2O5. The van der Waals surface area contributed by atoms with Gasteiger partial charge in [-0.25, -0.2) is 4.39 Å². The molecule has 1 N–H and O–H groups in total. The van der Waals surface area contributed by atoms with Gasteiger partial charge in [0.1, 0.15) is 22.9 Å². The van der Waals surface area contributed by atoms with Crippen molar-refractivity contribution in [3.63, 3.8) is 0 Å². The number of hydrogen-bond acceptors (Lipinski definition) is 6. The Kier molecular flexibility index (Phi) is 7.67. The fourth-order valence-electron chi connectivity index (χ4n) is 6.13. The van der Waals surface area contributed by atoms with E-state index in [4.69, 9.17) is 13.9 Å². The zero-order chi connectivity index (χ0) is 31.0. The molecule has 45 heavy (non-hydrogen) atoms. The predicted octanol–water partition coefficient (Wildman–Crippen LogP) is 7.65. The highest BCUT2D eigenvalue weighted by atomic mass is 19.1. The molecule has 5 aromatic rings. The monoisotopic (exact) mass is 604 g/mol. The summed E-state index contributed by atoms with van der Waals surface area (Å²) in [7, 11) is 0. The zero-order valence-electron chi connectivity index (χ0n) is 25.0. The number of aromatic nitrogens is 1. The third kappa shape index (κ3) is 5.73. The molecule has 7 rings (SSSR count). The van der Waals surface area contributed by atoms with E-state index in [1.165, 1.54) is 12.1 Å². The van der Waals surface area contributed by atoms with Crippen LogP contribution in [-0.2, 0) is 10.3 Å². The first kappa shape index (κ1) is 28.9. The van der Waals surface area contributed by atoms with Crippen LogP contribution in [0.4, 0.5) is 4.39 Å². The summed E-state index contributed by atoms with van der Waals surface area (Å²) < 4.78 is 31.5. The molecule has 7 nitrogen and oxygen atoms in total. The Morgan fingerprint density at radius 2 is 1.82 bits per heavy atom. The van der Waals surface area contributed by atoms with Gasteiger partial charge in [-0.05, 0) is 116 Å². The number of carbonyl (C=O) groups is 2. The number of pyridine rings is 1. The molecule has 0 spiro atoms. The molecule has 2 aromatic heterocycles. The van der Waals surface area contributed by atoms with Gasteiger partial charge in [0, 0.05) is 30.4 Å². The van der Waals surface area contributed by atoms with E-state index in [0.717, 1.165) is 54.4 Å². The summed E-state index contributed by atoms with van der Waals surface area (Å²) in [5, 5.41) is 3.90. The van der Waals surface area contributed by atoms with Crippen molar-refractivity contribution in [1.29, 1.82) is 0 Å². The number of nitrogens with one attached hydrogen (secondary N) is 1. The van der Waals surface area contributed by atoms with Crippen molar-refractivity contribution in [3.05, 3.63) is 107 Å². The van der Waals surface area contributed by atoms with Gasteiger partial charge < -0.3 is 19.2 Å². The highest BCUT2D eigenvalue weighted by Crippen LogP contribution is 2.45. The van der Waals surface area contributed by atoms with Crippen molar-refractivity contribution in [2.45, 2.75) is 38.1 Å². The third-order valence-electron chi connectivity index (χ3n) is 8.91. The number of halogens is 1. The zero-order valence-corrected chi connectivity index (χ0v) is 25.0. The summed E-state index contributed by atoms with van der Waals surface area (Å²) in [6, 6.07) is 21.0. The number of aryl methyl sites for hydroxylation is 1. The van der Waals surface area contributed by atoms with E-state index in [2.05, 4.69) is 10.3 Å². The van der Waals surface area contributed by atoms with E-state index in [-0.39, 0.29) is 11.7 Å². The van der Waals surface area contributed by atoms with Gasteiger partial charge in [-0.3, -0.25) is 14.6 Å². The summed E-state index contributed by atoms with van der Waals surface area (Å²) in [6.07, 6.45) is 5.98. The molecule has 2 aliphatic rings. The number of aldehydes is 1. The van der Waals surface area contributed by atoms with E-state index in [1.54, 1.807) is 18.3 Å². The summed E-state index contributed by atoms with van der Waals surface area (Å²) >= 11 is 0. The maximum absolute atomic E-state index is 14.0. The summed E-state index contributed by atoms with van der Waals surface area (Å²) in [4.78, 5) is 30.8. The molecule has 1 aliphatic heterocycles. The molecule has 3 aromatic carbocycles. The summed E-state index contributed by atoms with van der Waals surface area (Å²) in [6.45, 7) is 3.92. The van der Waals surface area contributed by atoms with E-state index in [1.807, 2.05) is 55.5 Å². The number of amides is 1. The van der Waals surface area contributed by atoms with Crippen LogP contribution in [0.25, 0.3) is 33.4 Å². The van der Waals surface area contributed by atoms with Crippen LogP contribution in [0.15, 0.2) is 83.4 Å². The Morgan fingerprint density at radius 1 is 1.04 bits per heavy atom. The second kappa shape index (κ2) is 11.9. The first-order chi connectivity index (χ1) is 21.9. The lowest BCUT2D eigenvalue weighted by Crippen LogP contribution is -2.35. The van der Waals surface area contributed by atoms with Crippen LogP contribution >= 0.6 is 0 Å². The van der Waals surface area contributed by atoms with Crippen LogP contribution < -0.4 is 10.1 Å². The fraction of sp³-hybridized carbons (Fsp3) is 0.270. The number of carbonyl (C=O) groups excluding carboxylic acids is 2. The van der Waals surface area contributed by atoms with Crippen molar-refractivity contribution >= 4 is 23.2 Å². The van der Waals surface area contributed by atoms with Gasteiger partial charge in [0.05, 0.1) is 29.0 Å². The van der Waals surface area contributed by atoms with Crippen molar-refractivity contribution in [2.75, 3.05) is 19.8 Å². The Balaban J connectivity index is 1.27. The van der Waals surface area contributed by atoms with Crippen LogP contribution in [-0.4, -0.2) is 37.0 Å². The van der Waals surface area contributed by atoms with E-state index < -0.39 is 5.54 Å². The standard InChI is InChI=1S/C37H33FN2O5/c1-23-18-33(44-22-24-11-16-43-17-12-24)30(36(42)40-37(13-14-37)34-4-2-3-15-39-34)20-28(23)26-7-10-32-29(19-26)31(21-41)35(45-32)25-5-8-27(38)9-6-25/h2-10,15,18-21,24H,11-14,16-17,22H2,1H3,(H,40,42). The molecule has 2 fully saturated rings. The average Bonchev–Trinajstić information content (AvgIpc) is 3.76. The minimum Gasteiger partial charge on any atom is -0.492 e. The van der Waals surface area contributed by atoms with Gasteiger partial charge in [-0.1, -0.05) is 12.1 Å². The number of benzene rings is 3. The van der Waals surface area contributed by atoms with Gasteiger partial charge in [0.15, 0.2) is 6.29 Å². The van der Waals surface area contributed by atoms with E-state index in [9.17, 15) is 14.0 Å². The van der Waals surface area contributed by atoms with Crippen LogP contribution in [0, 0.1) is 18.7 Å². The SMILES string of the molecule is Cc1cc(OCC2CCOCC2)c(C(=O)NC2(c3ccccn3)CC2)cc1-c1ccc2oc(-c3ccc(F)cc3)c(C=O)c2c1. The van der Waals surface area contributed by atoms with Crippen LogP contribution in [0.1, 0.15) is 57.7 Å². The number of rotatable bonds is 9. The first-order valence-corrected chi connectivity index (χ1v) is 15.3. The Hall–Kier alpha value is -4.82. The average molecular weight is 605 g/mol. The molecular weight excluding hydrogens is 571 g/mol. The molecule has 0 bridgehead atoms. The first-order valence-electron chi connectivity index (χ1n) is 15.3. The minimum absolute atomic E-state index is 0.224. The maximum atomic E-state index is 14.0. The lowest BCUT2D eigenvalue weighted by molar-refractivity contribution is 0.0495. The fourth-order valence-corrected chi connectivity index (χ4v) is 6.13. The number of furan rings is 1. The van der Waals surface area contributed by atoms with Crippen LogP contribution in [0.5, 0.6) is 5.75 Å². The molecule has 1 amide bonds. The molecule has 1 saturated heterocycles. The minimum atomic E-state index is -0.493. The molecule has 0 unspecified atom stereocenters. The molecule has 1 aliphatic carbocycles. The van der Waals surface area contributed by atoms with Gasteiger partial charge in [-0.2, -0.15) is 0 Å². The second-order valence-electron chi connectivity index (χ2n) is 12.0. The summed E-state index contributed by atoms with van der Waals surface area (Å²) in [5.74, 6) is 0.688. The molecule has 3 heterocycles. The normalized spacial score (nSPS) is 16.0. The smallest absolute Gasteiger partial charge is 0.255 e. The van der Waals surface area contributed by atoms with Crippen LogP contribution in [0.2, 0.25) is 0 Å². The van der Waals surface area contributed by atoms with Crippen molar-refractivity contribution < 1.29 is 27.9 Å². The van der Waals surface area contributed by atoms with Gasteiger partial charge in [-0.15, -0.1) is 0 Å². The van der Waals surface area contributed by atoms with Gasteiger partial charge in [0.2, 0.25) is 0 Å². The highest BCUT2D eigenvalue weighted by molar-refractivity contribution is 6.04. The molecule has 8 heteroatoms. The van der Waals surface area contributed by atoms with Gasteiger partial charge >= 0.3 is 0 Å². The van der Waals surface area contributed by atoms with Crippen molar-refractivity contribution in [1.82, 2.24) is 10.3 Å². The molecule has 0 radical (unpaired) electrons. The Morgan fingerprint density at radius 3 is 2.53 bits per heavy atom. The number of nitrogens with zero attached hydrogens (tertiary/aromatic N) is 1. The quantitative estimate of drug-likeness (QED) is 0.174.